The van der Waals surface area contributed by atoms with Crippen molar-refractivity contribution < 1.29 is 4.74 Å². The van der Waals surface area contributed by atoms with E-state index in [1.54, 1.807) is 7.11 Å². The smallest absolute Gasteiger partial charge is 0.126 e. The lowest BCUT2D eigenvalue weighted by Gasteiger charge is -2.30. The predicted molar refractivity (Wildman–Crippen MR) is 88.5 cm³/mol. The van der Waals surface area contributed by atoms with Crippen LogP contribution in [0.4, 0.5) is 0 Å². The van der Waals surface area contributed by atoms with Crippen LogP contribution in [0.5, 0.6) is 5.75 Å². The third kappa shape index (κ3) is 2.75. The minimum atomic E-state index is 0.374. The highest BCUT2D eigenvalue weighted by atomic mass is 79.9. The van der Waals surface area contributed by atoms with E-state index in [0.29, 0.717) is 12.0 Å². The van der Waals surface area contributed by atoms with E-state index in [4.69, 9.17) is 4.74 Å². The number of methoxy groups -OCH3 is 1. The van der Waals surface area contributed by atoms with E-state index < -0.39 is 0 Å². The van der Waals surface area contributed by atoms with E-state index >= 15 is 0 Å². The molecule has 3 heteroatoms. The number of aryl methyl sites for hydroxylation is 1. The summed E-state index contributed by atoms with van der Waals surface area (Å²) in [4.78, 5) is 0. The van der Waals surface area contributed by atoms with Gasteiger partial charge in [-0.15, -0.1) is 0 Å². The van der Waals surface area contributed by atoms with Crippen molar-refractivity contribution >= 4 is 15.9 Å². The molecule has 0 aromatic heterocycles. The van der Waals surface area contributed by atoms with Crippen molar-refractivity contribution in [2.75, 3.05) is 14.2 Å². The molecule has 1 fully saturated rings. The van der Waals surface area contributed by atoms with E-state index in [1.165, 1.54) is 40.4 Å². The molecule has 3 unspecified atom stereocenters. The zero-order chi connectivity index (χ0) is 14.9. The first-order chi connectivity index (χ1) is 9.51. The second-order valence-corrected chi connectivity index (χ2v) is 6.94. The van der Waals surface area contributed by atoms with Gasteiger partial charge >= 0.3 is 0 Å². The zero-order valence-corrected chi connectivity index (χ0v) is 14.8. The van der Waals surface area contributed by atoms with Gasteiger partial charge in [-0.1, -0.05) is 35.7 Å². The lowest BCUT2D eigenvalue weighted by molar-refractivity contribution is 0.303. The molecule has 3 atom stereocenters. The van der Waals surface area contributed by atoms with Crippen LogP contribution in [0.1, 0.15) is 48.9 Å². The van der Waals surface area contributed by atoms with E-state index in [9.17, 15) is 0 Å². The minimum absolute atomic E-state index is 0.374. The molecule has 1 aliphatic rings. The maximum Gasteiger partial charge on any atom is 0.126 e. The van der Waals surface area contributed by atoms with Crippen LogP contribution in [-0.4, -0.2) is 14.2 Å². The summed E-state index contributed by atoms with van der Waals surface area (Å²) in [5.41, 5.74) is 3.83. The van der Waals surface area contributed by atoms with Gasteiger partial charge in [-0.2, -0.15) is 0 Å². The molecule has 112 valence electrons. The molecular formula is C17H26BrNO. The third-order valence-electron chi connectivity index (χ3n) is 4.89. The SMILES string of the molecule is CNC(c1c(C)c(Br)cc(C)c1OC)C1CCCC1C. The van der Waals surface area contributed by atoms with Gasteiger partial charge in [0, 0.05) is 16.1 Å². The first-order valence-electron chi connectivity index (χ1n) is 7.52. The number of nitrogens with one attached hydrogen (secondary N) is 1. The molecule has 0 spiro atoms. The van der Waals surface area contributed by atoms with Gasteiger partial charge < -0.3 is 10.1 Å². The fourth-order valence-corrected chi connectivity index (χ4v) is 4.32. The van der Waals surface area contributed by atoms with E-state index in [1.807, 2.05) is 0 Å². The van der Waals surface area contributed by atoms with Gasteiger partial charge in [0.05, 0.1) is 7.11 Å². The summed E-state index contributed by atoms with van der Waals surface area (Å²) in [6.45, 7) is 6.69. The molecule has 20 heavy (non-hydrogen) atoms. The summed E-state index contributed by atoms with van der Waals surface area (Å²) in [6, 6.07) is 2.53. The monoisotopic (exact) mass is 339 g/mol. The van der Waals surface area contributed by atoms with Crippen molar-refractivity contribution in [3.63, 3.8) is 0 Å². The first kappa shape index (κ1) is 15.8. The number of rotatable bonds is 4. The molecule has 2 nitrogen and oxygen atoms in total. The van der Waals surface area contributed by atoms with E-state index in [0.717, 1.165) is 11.7 Å². The van der Waals surface area contributed by atoms with Crippen molar-refractivity contribution in [3.8, 4) is 5.75 Å². The zero-order valence-electron chi connectivity index (χ0n) is 13.2. The number of benzene rings is 1. The minimum Gasteiger partial charge on any atom is -0.496 e. The molecule has 1 aromatic carbocycles. The van der Waals surface area contributed by atoms with Gasteiger partial charge in [-0.05, 0) is 56.3 Å². The Morgan fingerprint density at radius 3 is 2.55 bits per heavy atom. The molecule has 0 bridgehead atoms. The Morgan fingerprint density at radius 1 is 1.35 bits per heavy atom. The largest absolute Gasteiger partial charge is 0.496 e. The molecule has 0 aliphatic heterocycles. The van der Waals surface area contributed by atoms with Gasteiger partial charge in [-0.25, -0.2) is 0 Å². The van der Waals surface area contributed by atoms with Gasteiger partial charge in [0.1, 0.15) is 5.75 Å². The summed E-state index contributed by atoms with van der Waals surface area (Å²) in [7, 11) is 3.86. The van der Waals surface area contributed by atoms with Gasteiger partial charge in [-0.3, -0.25) is 0 Å². The lowest BCUT2D eigenvalue weighted by atomic mass is 9.83. The highest BCUT2D eigenvalue weighted by Crippen LogP contribution is 2.45. The lowest BCUT2D eigenvalue weighted by Crippen LogP contribution is -2.28. The Balaban J connectivity index is 2.53. The summed E-state index contributed by atoms with van der Waals surface area (Å²) in [6.07, 6.45) is 4.00. The van der Waals surface area contributed by atoms with Crippen molar-refractivity contribution in [1.82, 2.24) is 5.32 Å². The van der Waals surface area contributed by atoms with Gasteiger partial charge in [0.15, 0.2) is 0 Å². The molecule has 0 heterocycles. The molecular weight excluding hydrogens is 314 g/mol. The van der Waals surface area contributed by atoms with Crippen molar-refractivity contribution in [2.45, 2.75) is 46.1 Å². The maximum absolute atomic E-state index is 5.73. The molecule has 0 amide bonds. The van der Waals surface area contributed by atoms with Crippen molar-refractivity contribution in [3.05, 3.63) is 27.2 Å². The molecule has 1 N–H and O–H groups in total. The Labute approximate surface area is 131 Å². The average molecular weight is 340 g/mol. The Kier molecular flexibility index (Phi) is 5.14. The maximum atomic E-state index is 5.73. The second kappa shape index (κ2) is 6.48. The van der Waals surface area contributed by atoms with Crippen LogP contribution in [0.15, 0.2) is 10.5 Å². The van der Waals surface area contributed by atoms with Crippen molar-refractivity contribution in [2.24, 2.45) is 11.8 Å². The normalized spacial score (nSPS) is 23.9. The highest BCUT2D eigenvalue weighted by Gasteiger charge is 2.34. The highest BCUT2D eigenvalue weighted by molar-refractivity contribution is 9.10. The molecule has 1 saturated carbocycles. The van der Waals surface area contributed by atoms with Crippen LogP contribution < -0.4 is 10.1 Å². The standard InChI is InChI=1S/C17H26BrNO/c1-10-7-6-8-13(10)16(19-4)15-12(3)14(18)9-11(2)17(15)20-5/h9-10,13,16,19H,6-8H2,1-5H3. The quantitative estimate of drug-likeness (QED) is 0.852. The molecule has 0 saturated heterocycles. The number of ether oxygens (including phenoxy) is 1. The van der Waals surface area contributed by atoms with Crippen LogP contribution in [-0.2, 0) is 0 Å². The Morgan fingerprint density at radius 2 is 2.05 bits per heavy atom. The molecule has 0 radical (unpaired) electrons. The molecule has 1 aromatic rings. The first-order valence-corrected chi connectivity index (χ1v) is 8.31. The van der Waals surface area contributed by atoms with Crippen LogP contribution >= 0.6 is 15.9 Å². The van der Waals surface area contributed by atoms with Gasteiger partial charge in [0.2, 0.25) is 0 Å². The number of halogens is 1. The number of hydrogen-bond acceptors (Lipinski definition) is 2. The summed E-state index contributed by atoms with van der Waals surface area (Å²) in [5.74, 6) is 2.52. The predicted octanol–water partition coefficient (Wildman–Crippen LogP) is 4.77. The molecule has 2 rings (SSSR count). The fraction of sp³-hybridized carbons (Fsp3) is 0.647. The van der Waals surface area contributed by atoms with E-state index in [-0.39, 0.29) is 0 Å². The van der Waals surface area contributed by atoms with Crippen LogP contribution in [0.25, 0.3) is 0 Å². The third-order valence-corrected chi connectivity index (χ3v) is 5.71. The average Bonchev–Trinajstić information content (AvgIpc) is 2.83. The Bertz CT molecular complexity index is 486. The molecule has 1 aliphatic carbocycles. The number of hydrogen-bond donors (Lipinski definition) is 1. The van der Waals surface area contributed by atoms with E-state index in [2.05, 4.69) is 55.1 Å². The topological polar surface area (TPSA) is 21.3 Å². The van der Waals surface area contributed by atoms with Crippen LogP contribution in [0.3, 0.4) is 0 Å². The summed E-state index contributed by atoms with van der Waals surface area (Å²) in [5, 5.41) is 3.56. The summed E-state index contributed by atoms with van der Waals surface area (Å²) < 4.78 is 6.91. The van der Waals surface area contributed by atoms with Crippen molar-refractivity contribution in [1.29, 1.82) is 0 Å². The fourth-order valence-electron chi connectivity index (χ4n) is 3.76. The van der Waals surface area contributed by atoms with Gasteiger partial charge in [0.25, 0.3) is 0 Å². The van der Waals surface area contributed by atoms with Crippen LogP contribution in [0, 0.1) is 25.7 Å². The summed E-state index contributed by atoms with van der Waals surface area (Å²) >= 11 is 3.70. The Hall–Kier alpha value is -0.540. The van der Waals surface area contributed by atoms with Crippen LogP contribution in [0.2, 0.25) is 0 Å². The second-order valence-electron chi connectivity index (χ2n) is 6.09.